The van der Waals surface area contributed by atoms with Crippen LogP contribution in [0.2, 0.25) is 0 Å². The van der Waals surface area contributed by atoms with Crippen molar-refractivity contribution in [3.63, 3.8) is 0 Å². The first kappa shape index (κ1) is 13.3. The van der Waals surface area contributed by atoms with Gasteiger partial charge in [0, 0.05) is 42.5 Å². The number of hydrogen-bond acceptors (Lipinski definition) is 4. The Morgan fingerprint density at radius 1 is 1.29 bits per heavy atom. The van der Waals surface area contributed by atoms with Crippen LogP contribution in [0.4, 0.5) is 11.4 Å². The van der Waals surface area contributed by atoms with E-state index in [1.54, 1.807) is 6.07 Å². The van der Waals surface area contributed by atoms with Gasteiger partial charge in [-0.05, 0) is 24.3 Å². The molecular weight excluding hydrogens is 262 g/mol. The second kappa shape index (κ2) is 5.76. The van der Waals surface area contributed by atoms with Gasteiger partial charge < -0.3 is 15.4 Å². The largest absolute Gasteiger partial charge is 0.493 e. The van der Waals surface area contributed by atoms with Crippen LogP contribution in [0.5, 0.6) is 5.75 Å². The molecule has 0 aromatic heterocycles. The van der Waals surface area contributed by atoms with Crippen LogP contribution >= 0.6 is 0 Å². The fourth-order valence-corrected chi connectivity index (χ4v) is 2.63. The number of rotatable bonds is 4. The van der Waals surface area contributed by atoms with Gasteiger partial charge in [-0.3, -0.25) is 0 Å². The Hall–Kier alpha value is -2.67. The zero-order chi connectivity index (χ0) is 14.7. The monoisotopic (exact) mass is 279 g/mol. The molecule has 0 aliphatic carbocycles. The third-order valence-electron chi connectivity index (χ3n) is 3.68. The van der Waals surface area contributed by atoms with Crippen molar-refractivity contribution in [3.8, 4) is 11.8 Å². The van der Waals surface area contributed by atoms with E-state index in [1.165, 1.54) is 5.56 Å². The molecule has 0 bridgehead atoms. The van der Waals surface area contributed by atoms with E-state index in [9.17, 15) is 0 Å². The van der Waals surface area contributed by atoms with Crippen LogP contribution in [0.15, 0.2) is 36.4 Å². The van der Waals surface area contributed by atoms with Gasteiger partial charge >= 0.3 is 0 Å². The Labute approximate surface area is 124 Å². The first-order valence-electron chi connectivity index (χ1n) is 7.01. The molecule has 0 amide bonds. The number of nitriles is 1. The van der Waals surface area contributed by atoms with E-state index in [0.717, 1.165) is 35.7 Å². The lowest BCUT2D eigenvalue weighted by molar-refractivity contribution is 0.354. The molecule has 2 aromatic rings. The maximum absolute atomic E-state index is 8.93. The minimum atomic E-state index is 0.659. The average Bonchev–Trinajstić information content (AvgIpc) is 3.02. The summed E-state index contributed by atoms with van der Waals surface area (Å²) in [6.45, 7) is 1.42. The van der Waals surface area contributed by atoms with Crippen LogP contribution in [0.1, 0.15) is 16.7 Å². The molecule has 0 saturated heterocycles. The second-order valence-electron chi connectivity index (χ2n) is 4.97. The Morgan fingerprint density at radius 3 is 3.00 bits per heavy atom. The minimum absolute atomic E-state index is 0.659. The molecule has 106 valence electrons. The number of nitrogens with one attached hydrogen (secondary N) is 2. The maximum atomic E-state index is 8.93. The number of ether oxygens (including phenoxy) is 1. The highest BCUT2D eigenvalue weighted by atomic mass is 16.5. The van der Waals surface area contributed by atoms with Gasteiger partial charge in [0.2, 0.25) is 0 Å². The predicted molar refractivity (Wildman–Crippen MR) is 83.7 cm³/mol. The molecule has 2 aromatic carbocycles. The second-order valence-corrected chi connectivity index (χ2v) is 4.97. The molecule has 1 aliphatic heterocycles. The van der Waals surface area contributed by atoms with Gasteiger partial charge in [0.1, 0.15) is 5.75 Å². The van der Waals surface area contributed by atoms with E-state index >= 15 is 0 Å². The Morgan fingerprint density at radius 2 is 2.19 bits per heavy atom. The highest BCUT2D eigenvalue weighted by Crippen LogP contribution is 2.35. The van der Waals surface area contributed by atoms with Crippen molar-refractivity contribution in [2.24, 2.45) is 0 Å². The summed E-state index contributed by atoms with van der Waals surface area (Å²) in [4.78, 5) is 0. The van der Waals surface area contributed by atoms with Crippen LogP contribution in [-0.2, 0) is 13.0 Å². The van der Waals surface area contributed by atoms with Crippen LogP contribution in [0.3, 0.4) is 0 Å². The lowest BCUT2D eigenvalue weighted by Crippen LogP contribution is -2.02. The zero-order valence-corrected chi connectivity index (χ0v) is 11.9. The van der Waals surface area contributed by atoms with E-state index in [-0.39, 0.29) is 0 Å². The van der Waals surface area contributed by atoms with Crippen molar-refractivity contribution in [2.45, 2.75) is 13.0 Å². The van der Waals surface area contributed by atoms with Crippen molar-refractivity contribution in [1.82, 2.24) is 0 Å². The molecule has 21 heavy (non-hydrogen) atoms. The molecule has 0 unspecified atom stereocenters. The van der Waals surface area contributed by atoms with Crippen molar-refractivity contribution in [3.05, 3.63) is 53.1 Å². The Bertz CT molecular complexity index is 704. The zero-order valence-electron chi connectivity index (χ0n) is 11.9. The van der Waals surface area contributed by atoms with E-state index in [0.29, 0.717) is 12.1 Å². The molecule has 3 rings (SSSR count). The fourth-order valence-electron chi connectivity index (χ4n) is 2.63. The molecule has 4 nitrogen and oxygen atoms in total. The fraction of sp³-hybridized carbons (Fsp3) is 0.235. The smallest absolute Gasteiger partial charge is 0.129 e. The van der Waals surface area contributed by atoms with E-state index in [2.05, 4.69) is 28.8 Å². The summed E-state index contributed by atoms with van der Waals surface area (Å²) in [7, 11) is 1.93. The number of benzene rings is 2. The van der Waals surface area contributed by atoms with Gasteiger partial charge in [0.05, 0.1) is 18.2 Å². The van der Waals surface area contributed by atoms with E-state index < -0.39 is 0 Å². The number of fused-ring (bicyclic) bond motifs is 1. The summed E-state index contributed by atoms with van der Waals surface area (Å²) >= 11 is 0. The van der Waals surface area contributed by atoms with Gasteiger partial charge in [-0.2, -0.15) is 5.26 Å². The topological polar surface area (TPSA) is 57.1 Å². The lowest BCUT2D eigenvalue weighted by atomic mass is 10.1. The van der Waals surface area contributed by atoms with Crippen LogP contribution < -0.4 is 15.4 Å². The molecule has 4 heteroatoms. The summed E-state index contributed by atoms with van der Waals surface area (Å²) in [5.41, 5.74) is 5.13. The maximum Gasteiger partial charge on any atom is 0.129 e. The number of nitrogens with zero attached hydrogens (tertiary/aromatic N) is 1. The SMILES string of the molecule is CNc1ccc(CNc2cccc(C#N)c2)c2c1CCO2. The molecule has 1 heterocycles. The van der Waals surface area contributed by atoms with Gasteiger partial charge in [0.25, 0.3) is 0 Å². The third kappa shape index (κ3) is 2.63. The molecule has 0 saturated carbocycles. The van der Waals surface area contributed by atoms with Crippen LogP contribution in [0, 0.1) is 11.3 Å². The van der Waals surface area contributed by atoms with Crippen LogP contribution in [0.25, 0.3) is 0 Å². The molecule has 0 atom stereocenters. The summed E-state index contributed by atoms with van der Waals surface area (Å²) in [5, 5.41) is 15.5. The summed E-state index contributed by atoms with van der Waals surface area (Å²) in [6, 6.07) is 13.8. The normalized spacial score (nSPS) is 12.2. The van der Waals surface area contributed by atoms with Crippen molar-refractivity contribution in [2.75, 3.05) is 24.3 Å². The number of anilines is 2. The molecule has 1 aliphatic rings. The number of hydrogen-bond donors (Lipinski definition) is 2. The van der Waals surface area contributed by atoms with E-state index in [4.69, 9.17) is 10.00 Å². The highest BCUT2D eigenvalue weighted by molar-refractivity contribution is 5.62. The van der Waals surface area contributed by atoms with Gasteiger partial charge in [-0.1, -0.05) is 12.1 Å². The van der Waals surface area contributed by atoms with Crippen molar-refractivity contribution >= 4 is 11.4 Å². The molecule has 0 radical (unpaired) electrons. The molecule has 0 fully saturated rings. The molecule has 2 N–H and O–H groups in total. The lowest BCUT2D eigenvalue weighted by Gasteiger charge is -2.13. The third-order valence-corrected chi connectivity index (χ3v) is 3.68. The van der Waals surface area contributed by atoms with Gasteiger partial charge in [-0.25, -0.2) is 0 Å². The first-order valence-corrected chi connectivity index (χ1v) is 7.01. The minimum Gasteiger partial charge on any atom is -0.493 e. The Kier molecular flexibility index (Phi) is 3.65. The summed E-state index contributed by atoms with van der Waals surface area (Å²) < 4.78 is 5.77. The summed E-state index contributed by atoms with van der Waals surface area (Å²) in [5.74, 6) is 0.991. The van der Waals surface area contributed by atoms with E-state index in [1.807, 2.05) is 25.2 Å². The van der Waals surface area contributed by atoms with Gasteiger partial charge in [-0.15, -0.1) is 0 Å². The van der Waals surface area contributed by atoms with Crippen LogP contribution in [-0.4, -0.2) is 13.7 Å². The first-order chi connectivity index (χ1) is 10.3. The standard InChI is InChI=1S/C17H17N3O/c1-19-16-6-5-13(17-15(16)7-8-21-17)11-20-14-4-2-3-12(9-14)10-18/h2-6,9,19-20H,7-8,11H2,1H3. The highest BCUT2D eigenvalue weighted by Gasteiger charge is 2.19. The summed E-state index contributed by atoms with van der Waals surface area (Å²) in [6.07, 6.45) is 0.948. The quantitative estimate of drug-likeness (QED) is 0.902. The Balaban J connectivity index is 1.80. The molecular formula is C17H17N3O. The average molecular weight is 279 g/mol. The van der Waals surface area contributed by atoms with Crippen molar-refractivity contribution in [1.29, 1.82) is 5.26 Å². The van der Waals surface area contributed by atoms with Crippen molar-refractivity contribution < 1.29 is 4.74 Å². The molecule has 0 spiro atoms. The predicted octanol–water partition coefficient (Wildman–Crippen LogP) is 3.15. The van der Waals surface area contributed by atoms with Gasteiger partial charge in [0.15, 0.2) is 0 Å².